The maximum atomic E-state index is 12.0. The van der Waals surface area contributed by atoms with Gasteiger partial charge in [0.1, 0.15) is 0 Å². The second kappa shape index (κ2) is 7.60. The lowest BCUT2D eigenvalue weighted by Gasteiger charge is -2.27. The van der Waals surface area contributed by atoms with Crippen LogP contribution in [-0.2, 0) is 0 Å². The van der Waals surface area contributed by atoms with Crippen LogP contribution in [0.2, 0.25) is 0 Å². The number of carbonyl (C=O) groups is 1. The summed E-state index contributed by atoms with van der Waals surface area (Å²) in [5.74, 6) is -0.209. The van der Waals surface area contributed by atoms with E-state index in [1.165, 1.54) is 6.20 Å². The van der Waals surface area contributed by atoms with Gasteiger partial charge in [-0.1, -0.05) is 26.7 Å². The van der Waals surface area contributed by atoms with E-state index in [-0.39, 0.29) is 12.5 Å². The Hall–Kier alpha value is -0.940. The van der Waals surface area contributed by atoms with Crippen molar-refractivity contribution >= 4 is 21.8 Å². The van der Waals surface area contributed by atoms with E-state index in [0.717, 1.165) is 17.3 Å². The summed E-state index contributed by atoms with van der Waals surface area (Å²) in [5.41, 5.74) is -0.316. The molecule has 0 unspecified atom stereocenters. The molecule has 5 heteroatoms. The van der Waals surface area contributed by atoms with Crippen molar-refractivity contribution in [3.8, 4) is 0 Å². The van der Waals surface area contributed by atoms with E-state index in [0.29, 0.717) is 18.4 Å². The summed E-state index contributed by atoms with van der Waals surface area (Å²) in [6, 6.07) is 1.71. The Labute approximate surface area is 122 Å². The summed E-state index contributed by atoms with van der Waals surface area (Å²) >= 11 is 3.28. The topological polar surface area (TPSA) is 62.2 Å². The number of rotatable bonds is 7. The molecule has 1 heterocycles. The maximum Gasteiger partial charge on any atom is 0.252 e. The van der Waals surface area contributed by atoms with Gasteiger partial charge in [0.05, 0.1) is 11.2 Å². The number of halogens is 1. The molecule has 106 valence electrons. The van der Waals surface area contributed by atoms with Gasteiger partial charge in [0, 0.05) is 23.4 Å². The molecular formula is C14H21BrN2O2. The molecule has 0 aliphatic rings. The molecule has 0 saturated carbocycles. The van der Waals surface area contributed by atoms with E-state index in [9.17, 15) is 9.90 Å². The minimum Gasteiger partial charge on any atom is -0.388 e. The molecule has 1 aromatic heterocycles. The summed E-state index contributed by atoms with van der Waals surface area (Å²) in [7, 11) is 0. The molecule has 1 rings (SSSR count). The summed E-state index contributed by atoms with van der Waals surface area (Å²) < 4.78 is 0.762. The van der Waals surface area contributed by atoms with Gasteiger partial charge in [-0.3, -0.25) is 9.78 Å². The minimum atomic E-state index is -0.807. The first-order valence-corrected chi connectivity index (χ1v) is 7.41. The van der Waals surface area contributed by atoms with Gasteiger partial charge < -0.3 is 10.4 Å². The van der Waals surface area contributed by atoms with Crippen molar-refractivity contribution in [3.63, 3.8) is 0 Å². The number of amides is 1. The van der Waals surface area contributed by atoms with Gasteiger partial charge in [0.2, 0.25) is 0 Å². The van der Waals surface area contributed by atoms with E-state index < -0.39 is 5.60 Å². The van der Waals surface area contributed by atoms with E-state index in [1.807, 2.05) is 13.8 Å². The zero-order valence-electron chi connectivity index (χ0n) is 11.4. The number of hydrogen-bond acceptors (Lipinski definition) is 3. The quantitative estimate of drug-likeness (QED) is 0.808. The highest BCUT2D eigenvalue weighted by atomic mass is 79.9. The monoisotopic (exact) mass is 328 g/mol. The minimum absolute atomic E-state index is 0.209. The normalized spacial score (nSPS) is 11.4. The standard InChI is InChI=1S/C14H21BrN2O2/c1-3-5-14(19,6-4-2)10-17-13(18)11-7-12(15)9-16-8-11/h7-9,19H,3-6,10H2,1-2H3,(H,17,18). The molecule has 1 aromatic rings. The number of carbonyl (C=O) groups excluding carboxylic acids is 1. The van der Waals surface area contributed by atoms with Crippen molar-refractivity contribution in [1.29, 1.82) is 0 Å². The van der Waals surface area contributed by atoms with Gasteiger partial charge >= 0.3 is 0 Å². The van der Waals surface area contributed by atoms with Crippen LogP contribution in [0.1, 0.15) is 49.9 Å². The molecule has 19 heavy (non-hydrogen) atoms. The van der Waals surface area contributed by atoms with Crippen molar-refractivity contribution in [2.75, 3.05) is 6.54 Å². The second-order valence-electron chi connectivity index (χ2n) is 4.80. The van der Waals surface area contributed by atoms with E-state index >= 15 is 0 Å². The van der Waals surface area contributed by atoms with Crippen molar-refractivity contribution < 1.29 is 9.90 Å². The van der Waals surface area contributed by atoms with Crippen molar-refractivity contribution in [1.82, 2.24) is 10.3 Å². The number of nitrogens with zero attached hydrogens (tertiary/aromatic N) is 1. The Morgan fingerprint density at radius 3 is 2.53 bits per heavy atom. The molecule has 1 amide bonds. The Bertz CT molecular complexity index is 418. The zero-order chi connectivity index (χ0) is 14.3. The fraction of sp³-hybridized carbons (Fsp3) is 0.571. The fourth-order valence-electron chi connectivity index (χ4n) is 2.12. The van der Waals surface area contributed by atoms with Gasteiger partial charge in [0.25, 0.3) is 5.91 Å². The average molecular weight is 329 g/mol. The maximum absolute atomic E-state index is 12.0. The number of aromatic nitrogens is 1. The summed E-state index contributed by atoms with van der Waals surface area (Å²) in [6.45, 7) is 4.33. The third-order valence-electron chi connectivity index (χ3n) is 2.98. The molecule has 0 aliphatic carbocycles. The lowest BCUT2D eigenvalue weighted by atomic mass is 9.92. The highest BCUT2D eigenvalue weighted by Crippen LogP contribution is 2.18. The second-order valence-corrected chi connectivity index (χ2v) is 5.71. The molecule has 0 atom stereocenters. The van der Waals surface area contributed by atoms with Crippen LogP contribution in [0.5, 0.6) is 0 Å². The summed E-state index contributed by atoms with van der Waals surface area (Å²) in [5, 5.41) is 13.2. The molecule has 2 N–H and O–H groups in total. The molecule has 0 aromatic carbocycles. The van der Waals surface area contributed by atoms with Crippen LogP contribution in [0.25, 0.3) is 0 Å². The van der Waals surface area contributed by atoms with E-state index in [4.69, 9.17) is 0 Å². The molecule has 0 saturated heterocycles. The molecule has 4 nitrogen and oxygen atoms in total. The van der Waals surface area contributed by atoms with Gasteiger partial charge in [-0.15, -0.1) is 0 Å². The first-order chi connectivity index (χ1) is 9.00. The molecule has 0 fully saturated rings. The largest absolute Gasteiger partial charge is 0.388 e. The van der Waals surface area contributed by atoms with Crippen LogP contribution < -0.4 is 5.32 Å². The van der Waals surface area contributed by atoms with Crippen LogP contribution in [0.4, 0.5) is 0 Å². The fourth-order valence-corrected chi connectivity index (χ4v) is 2.48. The first-order valence-electron chi connectivity index (χ1n) is 6.62. The van der Waals surface area contributed by atoms with Crippen LogP contribution in [0, 0.1) is 0 Å². The van der Waals surface area contributed by atoms with Crippen LogP contribution in [-0.4, -0.2) is 28.1 Å². The van der Waals surface area contributed by atoms with Crippen LogP contribution in [0.15, 0.2) is 22.9 Å². The Morgan fingerprint density at radius 2 is 2.00 bits per heavy atom. The Kier molecular flexibility index (Phi) is 6.45. The Balaban J connectivity index is 2.61. The van der Waals surface area contributed by atoms with Crippen molar-refractivity contribution in [2.45, 2.75) is 45.1 Å². The van der Waals surface area contributed by atoms with E-state index in [2.05, 4.69) is 26.2 Å². The first kappa shape index (κ1) is 16.1. The van der Waals surface area contributed by atoms with Crippen molar-refractivity contribution in [3.05, 3.63) is 28.5 Å². The third kappa shape index (κ3) is 5.28. The predicted octanol–water partition coefficient (Wildman–Crippen LogP) is 2.91. The van der Waals surface area contributed by atoms with Gasteiger partial charge in [-0.25, -0.2) is 0 Å². The van der Waals surface area contributed by atoms with Crippen LogP contribution in [0.3, 0.4) is 0 Å². The highest BCUT2D eigenvalue weighted by Gasteiger charge is 2.25. The third-order valence-corrected chi connectivity index (χ3v) is 3.41. The molecule has 0 radical (unpaired) electrons. The van der Waals surface area contributed by atoms with Crippen molar-refractivity contribution in [2.24, 2.45) is 0 Å². The summed E-state index contributed by atoms with van der Waals surface area (Å²) in [6.07, 6.45) is 6.31. The van der Waals surface area contributed by atoms with Gasteiger partial charge in [-0.2, -0.15) is 0 Å². The molecule has 0 bridgehead atoms. The van der Waals surface area contributed by atoms with Gasteiger partial charge in [0.15, 0.2) is 0 Å². The zero-order valence-corrected chi connectivity index (χ0v) is 13.0. The number of aliphatic hydroxyl groups is 1. The lowest BCUT2D eigenvalue weighted by molar-refractivity contribution is 0.0213. The SMILES string of the molecule is CCCC(O)(CCC)CNC(=O)c1cncc(Br)c1. The highest BCUT2D eigenvalue weighted by molar-refractivity contribution is 9.10. The van der Waals surface area contributed by atoms with E-state index in [1.54, 1.807) is 12.3 Å². The number of nitrogens with one attached hydrogen (secondary N) is 1. The molecule has 0 spiro atoms. The molecular weight excluding hydrogens is 308 g/mol. The molecule has 0 aliphatic heterocycles. The number of hydrogen-bond donors (Lipinski definition) is 2. The smallest absolute Gasteiger partial charge is 0.252 e. The summed E-state index contributed by atoms with van der Waals surface area (Å²) in [4.78, 5) is 15.9. The lowest BCUT2D eigenvalue weighted by Crippen LogP contribution is -2.42. The Morgan fingerprint density at radius 1 is 1.37 bits per heavy atom. The number of pyridine rings is 1. The van der Waals surface area contributed by atoms with Gasteiger partial charge in [-0.05, 0) is 34.8 Å². The predicted molar refractivity (Wildman–Crippen MR) is 79.0 cm³/mol. The van der Waals surface area contributed by atoms with Crippen LogP contribution >= 0.6 is 15.9 Å². The average Bonchev–Trinajstić information content (AvgIpc) is 2.37.